The van der Waals surface area contributed by atoms with Crippen LogP contribution in [0.4, 0.5) is 0 Å². The zero-order valence-electron chi connectivity index (χ0n) is 22.1. The Morgan fingerprint density at radius 1 is 0.641 bits per heavy atom. The maximum Gasteiger partial charge on any atom is 0.133 e. The van der Waals surface area contributed by atoms with Crippen LogP contribution in [0, 0.1) is 0 Å². The predicted octanol–water partition coefficient (Wildman–Crippen LogP) is 8.60. The molecule has 0 saturated carbocycles. The minimum atomic E-state index is 0.415. The van der Waals surface area contributed by atoms with Crippen LogP contribution in [-0.2, 0) is 6.61 Å². The fourth-order valence-electron chi connectivity index (χ4n) is 3.42. The van der Waals surface area contributed by atoms with E-state index in [4.69, 9.17) is 32.7 Å². The maximum atomic E-state index is 5.93. The van der Waals surface area contributed by atoms with E-state index >= 15 is 0 Å². The molecule has 0 radical (unpaired) electrons. The van der Waals surface area contributed by atoms with Crippen LogP contribution in [0.3, 0.4) is 0 Å². The summed E-state index contributed by atoms with van der Waals surface area (Å²) in [6.45, 7) is 7.11. The third kappa shape index (κ3) is 9.36. The number of ether oxygens (including phenoxy) is 2. The van der Waals surface area contributed by atoms with Gasteiger partial charge in [-0.2, -0.15) is 0 Å². The second-order valence-electron chi connectivity index (χ2n) is 7.68. The highest BCUT2D eigenvalue weighted by molar-refractivity contribution is 6.29. The van der Waals surface area contributed by atoms with Gasteiger partial charge in [0.1, 0.15) is 41.1 Å². The summed E-state index contributed by atoms with van der Waals surface area (Å²) in [4.78, 5) is 16.2. The number of para-hydroxylation sites is 1. The van der Waals surface area contributed by atoms with E-state index in [1.54, 1.807) is 12.1 Å². The second kappa shape index (κ2) is 16.1. The van der Waals surface area contributed by atoms with Gasteiger partial charge >= 0.3 is 0 Å². The normalized spacial score (nSPS) is 9.87. The molecule has 5 aromatic rings. The van der Waals surface area contributed by atoms with Crippen LogP contribution in [-0.4, -0.2) is 26.5 Å². The highest BCUT2D eigenvalue weighted by atomic mass is 35.5. The zero-order valence-corrected chi connectivity index (χ0v) is 23.6. The average molecular weight is 562 g/mol. The quantitative estimate of drug-likeness (QED) is 0.185. The summed E-state index contributed by atoms with van der Waals surface area (Å²) < 4.78 is 11.3. The van der Waals surface area contributed by atoms with Gasteiger partial charge in [-0.05, 0) is 36.8 Å². The number of nitrogens with zero attached hydrogens (tertiary/aromatic N) is 4. The van der Waals surface area contributed by atoms with Gasteiger partial charge in [0, 0.05) is 23.3 Å². The lowest BCUT2D eigenvalue weighted by molar-refractivity contribution is 0.307. The molecule has 0 saturated heterocycles. The second-order valence-corrected chi connectivity index (χ2v) is 8.46. The van der Waals surface area contributed by atoms with Gasteiger partial charge in [-0.15, -0.1) is 0 Å². The van der Waals surface area contributed by atoms with E-state index in [2.05, 4.69) is 19.9 Å². The Morgan fingerprint density at radius 2 is 1.28 bits per heavy atom. The molecule has 0 spiro atoms. The van der Waals surface area contributed by atoms with Crippen LogP contribution in [0.25, 0.3) is 22.5 Å². The third-order valence-electron chi connectivity index (χ3n) is 5.11. The molecule has 0 N–H and O–H groups in total. The maximum absolute atomic E-state index is 5.93. The Hall–Kier alpha value is -4.00. The lowest BCUT2D eigenvalue weighted by Gasteiger charge is -2.11. The zero-order chi connectivity index (χ0) is 27.9. The largest absolute Gasteiger partial charge is 0.494 e. The number of hydrogen-bond acceptors (Lipinski definition) is 6. The van der Waals surface area contributed by atoms with Crippen molar-refractivity contribution in [2.75, 3.05) is 6.61 Å². The average Bonchev–Trinajstić information content (AvgIpc) is 2.98. The number of hydrogen-bond donors (Lipinski definition) is 0. The van der Waals surface area contributed by atoms with Crippen molar-refractivity contribution in [3.8, 4) is 34.0 Å². The standard InChI is InChI=1S/C17H13ClN2O.C12H11ClN2O.C2H6/c18-17-10-15(19-12-20-17)14-8-4-5-9-16(14)21-11-13-6-2-1-3-7-13;1-2-16-10-5-3-4-9(6-10)11-7-12(13)15-8-14-11;1-2/h1-10,12H,11H2;3-8H,2H2,1H3;1-2H3. The first-order valence-corrected chi connectivity index (χ1v) is 13.3. The van der Waals surface area contributed by atoms with E-state index in [1.165, 1.54) is 12.7 Å². The van der Waals surface area contributed by atoms with Gasteiger partial charge in [-0.25, -0.2) is 19.9 Å². The first-order chi connectivity index (χ1) is 19.1. The molecule has 39 heavy (non-hydrogen) atoms. The molecule has 2 heterocycles. The van der Waals surface area contributed by atoms with Crippen molar-refractivity contribution < 1.29 is 9.47 Å². The molecule has 0 bridgehead atoms. The SMILES string of the molecule is CC.CCOc1cccc(-c2cc(Cl)ncn2)c1.Clc1cc(-c2ccccc2OCc2ccccc2)ncn1. The third-order valence-corrected chi connectivity index (χ3v) is 5.52. The highest BCUT2D eigenvalue weighted by Gasteiger charge is 2.08. The molecular weight excluding hydrogens is 531 g/mol. The predicted molar refractivity (Wildman–Crippen MR) is 158 cm³/mol. The first-order valence-electron chi connectivity index (χ1n) is 12.6. The highest BCUT2D eigenvalue weighted by Crippen LogP contribution is 2.29. The van der Waals surface area contributed by atoms with Crippen molar-refractivity contribution in [2.24, 2.45) is 0 Å². The van der Waals surface area contributed by atoms with E-state index in [-0.39, 0.29) is 0 Å². The number of aromatic nitrogens is 4. The molecule has 0 unspecified atom stereocenters. The van der Waals surface area contributed by atoms with Crippen molar-refractivity contribution in [1.82, 2.24) is 19.9 Å². The lowest BCUT2D eigenvalue weighted by Crippen LogP contribution is -1.97. The summed E-state index contributed by atoms with van der Waals surface area (Å²) in [6, 6.07) is 29.0. The van der Waals surface area contributed by atoms with Crippen molar-refractivity contribution in [3.05, 3.63) is 120 Å². The molecule has 8 heteroatoms. The molecule has 0 aliphatic carbocycles. The van der Waals surface area contributed by atoms with E-state index in [9.17, 15) is 0 Å². The van der Waals surface area contributed by atoms with Crippen LogP contribution in [0.1, 0.15) is 26.3 Å². The molecule has 3 aromatic carbocycles. The van der Waals surface area contributed by atoms with Crippen LogP contribution in [0.15, 0.2) is 104 Å². The van der Waals surface area contributed by atoms with Gasteiger partial charge in [-0.3, -0.25) is 0 Å². The summed E-state index contributed by atoms with van der Waals surface area (Å²) in [5, 5.41) is 0.852. The molecule has 5 rings (SSSR count). The summed E-state index contributed by atoms with van der Waals surface area (Å²) in [7, 11) is 0. The lowest BCUT2D eigenvalue weighted by atomic mass is 10.1. The van der Waals surface area contributed by atoms with Crippen molar-refractivity contribution >= 4 is 23.2 Å². The van der Waals surface area contributed by atoms with Gasteiger partial charge in [-0.1, -0.05) is 91.6 Å². The smallest absolute Gasteiger partial charge is 0.133 e. The van der Waals surface area contributed by atoms with Gasteiger partial charge in [0.25, 0.3) is 0 Å². The van der Waals surface area contributed by atoms with E-state index < -0.39 is 0 Å². The van der Waals surface area contributed by atoms with Crippen LogP contribution in [0.2, 0.25) is 10.3 Å². The number of halogens is 2. The molecule has 0 amide bonds. The van der Waals surface area contributed by atoms with Gasteiger partial charge in [0.15, 0.2) is 0 Å². The molecule has 0 aliphatic heterocycles. The Balaban J connectivity index is 0.000000210. The van der Waals surface area contributed by atoms with Crippen LogP contribution < -0.4 is 9.47 Å². The summed E-state index contributed by atoms with van der Waals surface area (Å²) in [6.07, 6.45) is 2.90. The van der Waals surface area contributed by atoms with Crippen molar-refractivity contribution in [3.63, 3.8) is 0 Å². The topological polar surface area (TPSA) is 70.0 Å². The summed E-state index contributed by atoms with van der Waals surface area (Å²) >= 11 is 11.7. The Morgan fingerprint density at radius 3 is 1.97 bits per heavy atom. The first kappa shape index (κ1) is 29.6. The minimum absolute atomic E-state index is 0.415. The number of benzene rings is 3. The Labute approximate surface area is 239 Å². The molecule has 6 nitrogen and oxygen atoms in total. The molecule has 2 aromatic heterocycles. The molecule has 0 atom stereocenters. The monoisotopic (exact) mass is 560 g/mol. The molecule has 0 fully saturated rings. The fourth-order valence-corrected chi connectivity index (χ4v) is 3.72. The van der Waals surface area contributed by atoms with Gasteiger partial charge in [0.2, 0.25) is 0 Å². The summed E-state index contributed by atoms with van der Waals surface area (Å²) in [5.41, 5.74) is 4.53. The van der Waals surface area contributed by atoms with Gasteiger partial charge < -0.3 is 9.47 Å². The molecule has 0 aliphatic rings. The molecular formula is C31H30Cl2N4O2. The van der Waals surface area contributed by atoms with Crippen molar-refractivity contribution in [1.29, 1.82) is 0 Å². The van der Waals surface area contributed by atoms with Crippen molar-refractivity contribution in [2.45, 2.75) is 27.4 Å². The van der Waals surface area contributed by atoms with E-state index in [0.717, 1.165) is 39.6 Å². The summed E-state index contributed by atoms with van der Waals surface area (Å²) in [5.74, 6) is 1.60. The Kier molecular flexibility index (Phi) is 12.2. The number of rotatable bonds is 7. The van der Waals surface area contributed by atoms with E-state index in [0.29, 0.717) is 23.5 Å². The molecule has 200 valence electrons. The Bertz CT molecular complexity index is 1440. The van der Waals surface area contributed by atoms with Gasteiger partial charge in [0.05, 0.1) is 18.0 Å². The van der Waals surface area contributed by atoms with E-state index in [1.807, 2.05) is 99.6 Å². The van der Waals surface area contributed by atoms with Crippen LogP contribution in [0.5, 0.6) is 11.5 Å². The van der Waals surface area contributed by atoms with Crippen LogP contribution >= 0.6 is 23.2 Å². The minimum Gasteiger partial charge on any atom is -0.494 e. The fraction of sp³-hybridized carbons (Fsp3) is 0.161.